The van der Waals surface area contributed by atoms with E-state index in [9.17, 15) is 4.79 Å². The van der Waals surface area contributed by atoms with Gasteiger partial charge >= 0.3 is 6.09 Å². The Morgan fingerprint density at radius 1 is 1.23 bits per heavy atom. The van der Waals surface area contributed by atoms with E-state index in [2.05, 4.69) is 5.32 Å². The van der Waals surface area contributed by atoms with E-state index in [0.717, 1.165) is 22.4 Å². The molecule has 22 heavy (non-hydrogen) atoms. The van der Waals surface area contributed by atoms with Crippen molar-refractivity contribution in [3.8, 4) is 0 Å². The molecule has 0 aliphatic heterocycles. The summed E-state index contributed by atoms with van der Waals surface area (Å²) in [6, 6.07) is 15.4. The molecular formula is C18H20N2O2. The van der Waals surface area contributed by atoms with Crippen LogP contribution in [-0.2, 0) is 11.3 Å². The third-order valence-corrected chi connectivity index (χ3v) is 3.12. The van der Waals surface area contributed by atoms with Crippen LogP contribution in [0.25, 0.3) is 6.08 Å². The molecule has 2 aromatic carbocycles. The van der Waals surface area contributed by atoms with Crippen molar-refractivity contribution < 1.29 is 9.53 Å². The minimum absolute atomic E-state index is 0.265. The van der Waals surface area contributed by atoms with Gasteiger partial charge in [-0.3, -0.25) is 0 Å². The SMILES string of the molecule is Cc1ccc(C=CCNC(=O)OCc2ccccc2)c(N)c1. The highest BCUT2D eigenvalue weighted by Crippen LogP contribution is 2.14. The quantitative estimate of drug-likeness (QED) is 0.830. The Kier molecular flexibility index (Phi) is 5.60. The summed E-state index contributed by atoms with van der Waals surface area (Å²) in [6.45, 7) is 2.65. The van der Waals surface area contributed by atoms with E-state index in [1.54, 1.807) is 0 Å². The standard InChI is InChI=1S/C18H20N2O2/c1-14-9-10-16(17(19)12-14)8-5-11-20-18(21)22-13-15-6-3-2-4-7-15/h2-10,12H,11,13,19H2,1H3,(H,20,21). The normalized spacial score (nSPS) is 10.6. The highest BCUT2D eigenvalue weighted by Gasteiger charge is 2.00. The van der Waals surface area contributed by atoms with Crippen molar-refractivity contribution in [2.75, 3.05) is 12.3 Å². The average Bonchev–Trinajstić information content (AvgIpc) is 2.52. The van der Waals surface area contributed by atoms with Crippen LogP contribution >= 0.6 is 0 Å². The van der Waals surface area contributed by atoms with Gasteiger partial charge in [0.2, 0.25) is 0 Å². The van der Waals surface area contributed by atoms with Crippen LogP contribution in [0.3, 0.4) is 0 Å². The molecule has 0 radical (unpaired) electrons. The maximum atomic E-state index is 11.5. The molecule has 4 heteroatoms. The van der Waals surface area contributed by atoms with E-state index in [0.29, 0.717) is 6.54 Å². The van der Waals surface area contributed by atoms with Gasteiger partial charge in [-0.1, -0.05) is 54.6 Å². The number of nitrogen functional groups attached to an aromatic ring is 1. The van der Waals surface area contributed by atoms with Crippen LogP contribution in [0.15, 0.2) is 54.6 Å². The van der Waals surface area contributed by atoms with E-state index in [4.69, 9.17) is 10.5 Å². The summed E-state index contributed by atoms with van der Waals surface area (Å²) in [7, 11) is 0. The van der Waals surface area contributed by atoms with Gasteiger partial charge < -0.3 is 15.8 Å². The second-order valence-corrected chi connectivity index (χ2v) is 4.98. The van der Waals surface area contributed by atoms with E-state index < -0.39 is 6.09 Å². The number of aryl methyl sites for hydroxylation is 1. The number of rotatable bonds is 5. The van der Waals surface area contributed by atoms with Gasteiger partial charge in [-0.2, -0.15) is 0 Å². The zero-order valence-corrected chi connectivity index (χ0v) is 12.6. The molecule has 0 atom stereocenters. The lowest BCUT2D eigenvalue weighted by molar-refractivity contribution is 0.141. The highest BCUT2D eigenvalue weighted by molar-refractivity contribution is 5.68. The molecule has 0 heterocycles. The summed E-state index contributed by atoms with van der Waals surface area (Å²) in [6.07, 6.45) is 3.28. The van der Waals surface area contributed by atoms with Gasteiger partial charge in [0.15, 0.2) is 0 Å². The van der Waals surface area contributed by atoms with Crippen LogP contribution in [0.5, 0.6) is 0 Å². The highest BCUT2D eigenvalue weighted by atomic mass is 16.5. The fourth-order valence-electron chi connectivity index (χ4n) is 1.95. The number of nitrogens with two attached hydrogens (primary N) is 1. The number of nitrogens with one attached hydrogen (secondary N) is 1. The minimum Gasteiger partial charge on any atom is -0.445 e. The molecule has 0 unspecified atom stereocenters. The summed E-state index contributed by atoms with van der Waals surface area (Å²) in [4.78, 5) is 11.5. The zero-order chi connectivity index (χ0) is 15.8. The molecule has 4 nitrogen and oxygen atoms in total. The van der Waals surface area contributed by atoms with Crippen molar-refractivity contribution in [3.05, 3.63) is 71.3 Å². The number of carbonyl (C=O) groups is 1. The molecule has 1 amide bonds. The van der Waals surface area contributed by atoms with Crippen molar-refractivity contribution in [1.29, 1.82) is 0 Å². The zero-order valence-electron chi connectivity index (χ0n) is 12.6. The molecule has 0 aliphatic carbocycles. The van der Waals surface area contributed by atoms with E-state index in [-0.39, 0.29) is 6.61 Å². The fraction of sp³-hybridized carbons (Fsp3) is 0.167. The first-order chi connectivity index (χ1) is 10.6. The molecule has 0 saturated heterocycles. The third kappa shape index (κ3) is 4.98. The van der Waals surface area contributed by atoms with Crippen LogP contribution < -0.4 is 11.1 Å². The third-order valence-electron chi connectivity index (χ3n) is 3.12. The molecule has 0 fully saturated rings. The topological polar surface area (TPSA) is 64.3 Å². The smallest absolute Gasteiger partial charge is 0.407 e. The van der Waals surface area contributed by atoms with E-state index in [1.807, 2.05) is 67.6 Å². The molecule has 3 N–H and O–H groups in total. The van der Waals surface area contributed by atoms with Gasteiger partial charge in [-0.25, -0.2) is 4.79 Å². The second-order valence-electron chi connectivity index (χ2n) is 4.98. The summed E-state index contributed by atoms with van der Waals surface area (Å²) < 4.78 is 5.11. The molecule has 0 aromatic heterocycles. The summed E-state index contributed by atoms with van der Waals surface area (Å²) in [5, 5.41) is 2.67. The van der Waals surface area contributed by atoms with E-state index >= 15 is 0 Å². The van der Waals surface area contributed by atoms with Crippen LogP contribution in [0.2, 0.25) is 0 Å². The van der Waals surface area contributed by atoms with Crippen molar-refractivity contribution >= 4 is 17.9 Å². The van der Waals surface area contributed by atoms with E-state index in [1.165, 1.54) is 0 Å². The van der Waals surface area contributed by atoms with Crippen molar-refractivity contribution in [3.63, 3.8) is 0 Å². The van der Waals surface area contributed by atoms with Crippen molar-refractivity contribution in [1.82, 2.24) is 5.32 Å². The Morgan fingerprint density at radius 3 is 2.73 bits per heavy atom. The predicted molar refractivity (Wildman–Crippen MR) is 89.3 cm³/mol. The first-order valence-electron chi connectivity index (χ1n) is 7.12. The first-order valence-corrected chi connectivity index (χ1v) is 7.12. The Hall–Kier alpha value is -2.75. The van der Waals surface area contributed by atoms with Crippen LogP contribution in [-0.4, -0.2) is 12.6 Å². The van der Waals surface area contributed by atoms with Crippen LogP contribution in [0.4, 0.5) is 10.5 Å². The van der Waals surface area contributed by atoms with Crippen molar-refractivity contribution in [2.45, 2.75) is 13.5 Å². The molecule has 2 rings (SSSR count). The second kappa shape index (κ2) is 7.88. The number of alkyl carbamates (subject to hydrolysis) is 1. The monoisotopic (exact) mass is 296 g/mol. The molecule has 0 bridgehead atoms. The lowest BCUT2D eigenvalue weighted by atomic mass is 10.1. The molecule has 0 aliphatic rings. The molecule has 114 valence electrons. The van der Waals surface area contributed by atoms with Gasteiger partial charge in [0, 0.05) is 12.2 Å². The van der Waals surface area contributed by atoms with Gasteiger partial charge in [-0.15, -0.1) is 0 Å². The lowest BCUT2D eigenvalue weighted by Crippen LogP contribution is -2.24. The largest absolute Gasteiger partial charge is 0.445 e. The Balaban J connectivity index is 1.73. The Labute approximate surface area is 130 Å². The molecular weight excluding hydrogens is 276 g/mol. The lowest BCUT2D eigenvalue weighted by Gasteiger charge is -2.05. The number of benzene rings is 2. The summed E-state index contributed by atoms with van der Waals surface area (Å²) in [5.74, 6) is 0. The average molecular weight is 296 g/mol. The van der Waals surface area contributed by atoms with Crippen LogP contribution in [0.1, 0.15) is 16.7 Å². The summed E-state index contributed by atoms with van der Waals surface area (Å²) >= 11 is 0. The van der Waals surface area contributed by atoms with Gasteiger partial charge in [0.05, 0.1) is 0 Å². The minimum atomic E-state index is -0.439. The number of ether oxygens (including phenoxy) is 1. The number of hydrogen-bond acceptors (Lipinski definition) is 3. The van der Waals surface area contributed by atoms with Crippen LogP contribution in [0, 0.1) is 6.92 Å². The molecule has 0 spiro atoms. The van der Waals surface area contributed by atoms with Gasteiger partial charge in [0.25, 0.3) is 0 Å². The predicted octanol–water partition coefficient (Wildman–Crippen LogP) is 3.52. The molecule has 0 saturated carbocycles. The Morgan fingerprint density at radius 2 is 2.00 bits per heavy atom. The summed E-state index contributed by atoms with van der Waals surface area (Å²) in [5.41, 5.74) is 9.65. The first kappa shape index (κ1) is 15.6. The molecule has 2 aromatic rings. The number of hydrogen-bond donors (Lipinski definition) is 2. The van der Waals surface area contributed by atoms with Gasteiger partial charge in [-0.05, 0) is 29.7 Å². The Bertz CT molecular complexity index is 651. The van der Waals surface area contributed by atoms with Crippen molar-refractivity contribution in [2.24, 2.45) is 0 Å². The number of anilines is 1. The fourth-order valence-corrected chi connectivity index (χ4v) is 1.95. The number of carbonyl (C=O) groups excluding carboxylic acids is 1. The maximum Gasteiger partial charge on any atom is 0.407 e. The number of amides is 1. The van der Waals surface area contributed by atoms with Gasteiger partial charge in [0.1, 0.15) is 6.61 Å². The maximum absolute atomic E-state index is 11.5.